The first kappa shape index (κ1) is 21.9. The Morgan fingerprint density at radius 2 is 1.61 bits per heavy atom. The summed E-state index contributed by atoms with van der Waals surface area (Å²) in [5, 5.41) is 9.20. The van der Waals surface area contributed by atoms with Gasteiger partial charge in [-0.05, 0) is 42.7 Å². The van der Waals surface area contributed by atoms with E-state index >= 15 is 0 Å². The zero-order valence-electron chi connectivity index (χ0n) is 19.1. The van der Waals surface area contributed by atoms with Crippen LogP contribution in [0.5, 0.6) is 0 Å². The standard InChI is InChI=1S/C28H33N3O2/c32-27(30-33)18-24(17-20-7-4-5-8-20)28-29-26(19-31(28)25-11-6-12-25)23-15-13-22(14-16-23)21-9-2-1-3-10-21/h1-3,9-10,13-16,19-20,24-25,33H,4-8,11-12,17-18H2,(H,30,32). The third-order valence-corrected chi connectivity index (χ3v) is 7.53. The number of carbonyl (C=O) groups is 1. The van der Waals surface area contributed by atoms with Gasteiger partial charge in [0.05, 0.1) is 5.69 Å². The van der Waals surface area contributed by atoms with Crippen molar-refractivity contribution in [2.75, 3.05) is 0 Å². The zero-order valence-corrected chi connectivity index (χ0v) is 19.1. The molecule has 0 saturated heterocycles. The van der Waals surface area contributed by atoms with E-state index in [1.165, 1.54) is 43.2 Å². The van der Waals surface area contributed by atoms with Crippen molar-refractivity contribution in [1.82, 2.24) is 15.0 Å². The maximum atomic E-state index is 12.2. The zero-order chi connectivity index (χ0) is 22.6. The number of nitrogens with one attached hydrogen (secondary N) is 1. The lowest BCUT2D eigenvalue weighted by Crippen LogP contribution is -2.26. The molecule has 5 heteroatoms. The summed E-state index contributed by atoms with van der Waals surface area (Å²) in [6, 6.07) is 19.5. The van der Waals surface area contributed by atoms with E-state index in [0.717, 1.165) is 36.3 Å². The van der Waals surface area contributed by atoms with Crippen LogP contribution in [-0.2, 0) is 4.79 Å². The lowest BCUT2D eigenvalue weighted by molar-refractivity contribution is -0.129. The molecule has 172 valence electrons. The van der Waals surface area contributed by atoms with Crippen molar-refractivity contribution in [2.24, 2.45) is 5.92 Å². The van der Waals surface area contributed by atoms with Crippen molar-refractivity contribution in [3.05, 3.63) is 66.6 Å². The van der Waals surface area contributed by atoms with Crippen LogP contribution in [0.2, 0.25) is 0 Å². The Labute approximate surface area is 195 Å². The molecular formula is C28H33N3O2. The van der Waals surface area contributed by atoms with Crippen molar-refractivity contribution in [3.63, 3.8) is 0 Å². The highest BCUT2D eigenvalue weighted by Gasteiger charge is 2.31. The van der Waals surface area contributed by atoms with E-state index in [1.807, 2.05) is 11.5 Å². The van der Waals surface area contributed by atoms with Crippen LogP contribution in [0.1, 0.15) is 75.6 Å². The van der Waals surface area contributed by atoms with Gasteiger partial charge in [0.15, 0.2) is 0 Å². The number of aromatic nitrogens is 2. The summed E-state index contributed by atoms with van der Waals surface area (Å²) in [7, 11) is 0. The first-order valence-corrected chi connectivity index (χ1v) is 12.4. The molecule has 2 fully saturated rings. The largest absolute Gasteiger partial charge is 0.331 e. The van der Waals surface area contributed by atoms with Crippen LogP contribution in [0.4, 0.5) is 0 Å². The van der Waals surface area contributed by atoms with Crippen LogP contribution in [0, 0.1) is 5.92 Å². The molecule has 1 heterocycles. The second-order valence-corrected chi connectivity index (χ2v) is 9.74. The Hall–Kier alpha value is -2.92. The smallest absolute Gasteiger partial charge is 0.244 e. The molecule has 1 atom stereocenters. The van der Waals surface area contributed by atoms with Gasteiger partial charge in [-0.15, -0.1) is 0 Å². The molecule has 3 aromatic rings. The highest BCUT2D eigenvalue weighted by atomic mass is 16.5. The fourth-order valence-corrected chi connectivity index (χ4v) is 5.47. The lowest BCUT2D eigenvalue weighted by atomic mass is 9.88. The van der Waals surface area contributed by atoms with Crippen molar-refractivity contribution in [2.45, 2.75) is 69.7 Å². The molecule has 2 aliphatic rings. The van der Waals surface area contributed by atoms with Gasteiger partial charge in [-0.3, -0.25) is 10.0 Å². The fourth-order valence-electron chi connectivity index (χ4n) is 5.47. The quantitative estimate of drug-likeness (QED) is 0.308. The van der Waals surface area contributed by atoms with E-state index in [9.17, 15) is 10.0 Å². The van der Waals surface area contributed by atoms with Crippen molar-refractivity contribution in [3.8, 4) is 22.4 Å². The van der Waals surface area contributed by atoms with E-state index in [4.69, 9.17) is 4.98 Å². The number of carbonyl (C=O) groups excluding carboxylic acids is 1. The van der Waals surface area contributed by atoms with E-state index in [-0.39, 0.29) is 18.2 Å². The van der Waals surface area contributed by atoms with Gasteiger partial charge in [0.2, 0.25) is 5.91 Å². The van der Waals surface area contributed by atoms with Crippen molar-refractivity contribution >= 4 is 5.91 Å². The van der Waals surface area contributed by atoms with Crippen LogP contribution in [0.15, 0.2) is 60.8 Å². The van der Waals surface area contributed by atoms with Gasteiger partial charge in [0.1, 0.15) is 5.82 Å². The van der Waals surface area contributed by atoms with E-state index in [1.54, 1.807) is 0 Å². The number of imidazole rings is 1. The minimum atomic E-state index is -0.324. The summed E-state index contributed by atoms with van der Waals surface area (Å²) < 4.78 is 2.34. The minimum Gasteiger partial charge on any atom is -0.331 e. The molecule has 0 aliphatic heterocycles. The van der Waals surface area contributed by atoms with Gasteiger partial charge in [-0.1, -0.05) is 80.3 Å². The summed E-state index contributed by atoms with van der Waals surface area (Å²) in [6.07, 6.45) is 12.0. The molecule has 33 heavy (non-hydrogen) atoms. The first-order valence-electron chi connectivity index (χ1n) is 12.4. The number of hydrogen-bond donors (Lipinski definition) is 2. The number of benzene rings is 2. The van der Waals surface area contributed by atoms with E-state index in [0.29, 0.717) is 12.0 Å². The predicted molar refractivity (Wildman–Crippen MR) is 130 cm³/mol. The molecule has 0 radical (unpaired) electrons. The molecule has 0 bridgehead atoms. The number of nitrogens with zero attached hydrogens (tertiary/aromatic N) is 2. The Bertz CT molecular complexity index is 1060. The number of rotatable bonds is 8. The van der Waals surface area contributed by atoms with E-state index < -0.39 is 0 Å². The van der Waals surface area contributed by atoms with Gasteiger partial charge in [-0.2, -0.15) is 0 Å². The van der Waals surface area contributed by atoms with Crippen LogP contribution in [-0.4, -0.2) is 20.7 Å². The second-order valence-electron chi connectivity index (χ2n) is 9.74. The van der Waals surface area contributed by atoms with Crippen LogP contribution >= 0.6 is 0 Å². The predicted octanol–water partition coefficient (Wildman–Crippen LogP) is 6.50. The molecular weight excluding hydrogens is 410 g/mol. The Morgan fingerprint density at radius 3 is 2.24 bits per heavy atom. The Kier molecular flexibility index (Phi) is 6.58. The average Bonchev–Trinajstić information content (AvgIpc) is 3.48. The molecule has 2 N–H and O–H groups in total. The lowest BCUT2D eigenvalue weighted by Gasteiger charge is -2.30. The summed E-state index contributed by atoms with van der Waals surface area (Å²) in [4.78, 5) is 17.3. The summed E-state index contributed by atoms with van der Waals surface area (Å²) >= 11 is 0. The Balaban J connectivity index is 1.46. The van der Waals surface area contributed by atoms with Crippen LogP contribution in [0.3, 0.4) is 0 Å². The molecule has 1 unspecified atom stereocenters. The first-order chi connectivity index (χ1) is 16.2. The summed E-state index contributed by atoms with van der Waals surface area (Å²) in [6.45, 7) is 0. The molecule has 2 aromatic carbocycles. The number of hydrogen-bond acceptors (Lipinski definition) is 3. The molecule has 2 aliphatic carbocycles. The molecule has 2 saturated carbocycles. The third-order valence-electron chi connectivity index (χ3n) is 7.53. The van der Waals surface area contributed by atoms with Gasteiger partial charge in [-0.25, -0.2) is 10.5 Å². The molecule has 1 aromatic heterocycles. The molecule has 5 nitrogen and oxygen atoms in total. The van der Waals surface area contributed by atoms with E-state index in [2.05, 4.69) is 59.3 Å². The number of hydroxylamine groups is 1. The number of amides is 1. The molecule has 0 spiro atoms. The SMILES string of the molecule is O=C(CC(CC1CCCC1)c1nc(-c2ccc(-c3ccccc3)cc2)cn1C1CCC1)NO. The van der Waals surface area contributed by atoms with Gasteiger partial charge < -0.3 is 4.57 Å². The fraction of sp³-hybridized carbons (Fsp3) is 0.429. The maximum absolute atomic E-state index is 12.2. The van der Waals surface area contributed by atoms with Crippen molar-refractivity contribution < 1.29 is 10.0 Å². The average molecular weight is 444 g/mol. The van der Waals surface area contributed by atoms with Gasteiger partial charge >= 0.3 is 0 Å². The highest BCUT2D eigenvalue weighted by Crippen LogP contribution is 2.40. The minimum absolute atomic E-state index is 0.0261. The molecule has 5 rings (SSSR count). The summed E-state index contributed by atoms with van der Waals surface area (Å²) in [5.74, 6) is 1.35. The summed E-state index contributed by atoms with van der Waals surface area (Å²) in [5.41, 5.74) is 6.31. The molecule has 1 amide bonds. The monoisotopic (exact) mass is 443 g/mol. The van der Waals surface area contributed by atoms with Gasteiger partial charge in [0.25, 0.3) is 0 Å². The van der Waals surface area contributed by atoms with Crippen LogP contribution in [0.25, 0.3) is 22.4 Å². The van der Waals surface area contributed by atoms with Gasteiger partial charge in [0, 0.05) is 30.1 Å². The second kappa shape index (κ2) is 9.92. The Morgan fingerprint density at radius 1 is 0.939 bits per heavy atom. The highest BCUT2D eigenvalue weighted by molar-refractivity contribution is 5.75. The van der Waals surface area contributed by atoms with Crippen molar-refractivity contribution in [1.29, 1.82) is 0 Å². The normalized spacial score (nSPS) is 17.6. The maximum Gasteiger partial charge on any atom is 0.244 e. The third kappa shape index (κ3) is 4.88. The topological polar surface area (TPSA) is 67.2 Å². The van der Waals surface area contributed by atoms with Crippen LogP contribution < -0.4 is 5.48 Å².